The van der Waals surface area contributed by atoms with Crippen LogP contribution in [0.2, 0.25) is 0 Å². The van der Waals surface area contributed by atoms with E-state index in [-0.39, 0.29) is 22.6 Å². The number of aliphatic hydroxyl groups is 1. The molecule has 3 nitrogen and oxygen atoms in total. The van der Waals surface area contributed by atoms with E-state index >= 15 is 0 Å². The standard InChI is InChI=1S/C14H16F3NO2S/c1-13(20)6-8-18(9-7-13)12(19)10-2-4-11(5-3-10)21-14(15,16)17/h2-5,20H,6-9H2,1H3. The van der Waals surface area contributed by atoms with Gasteiger partial charge in [0, 0.05) is 23.5 Å². The summed E-state index contributed by atoms with van der Waals surface area (Å²) in [6.45, 7) is 2.63. The number of rotatable bonds is 2. The normalized spacial score (nSPS) is 18.6. The number of carbonyl (C=O) groups excluding carboxylic acids is 1. The van der Waals surface area contributed by atoms with E-state index < -0.39 is 11.1 Å². The van der Waals surface area contributed by atoms with Gasteiger partial charge in [-0.15, -0.1) is 0 Å². The van der Waals surface area contributed by atoms with Gasteiger partial charge in [-0.2, -0.15) is 13.2 Å². The second kappa shape index (κ2) is 5.88. The maximum atomic E-state index is 12.2. The van der Waals surface area contributed by atoms with Crippen LogP contribution < -0.4 is 0 Å². The first-order valence-electron chi connectivity index (χ1n) is 6.54. The summed E-state index contributed by atoms with van der Waals surface area (Å²) >= 11 is -0.201. The SMILES string of the molecule is CC1(O)CCN(C(=O)c2ccc(SC(F)(F)F)cc2)CC1. The van der Waals surface area contributed by atoms with Crippen LogP contribution in [0.25, 0.3) is 0 Å². The van der Waals surface area contributed by atoms with Crippen LogP contribution in [0.15, 0.2) is 29.2 Å². The average molecular weight is 319 g/mol. The van der Waals surface area contributed by atoms with Gasteiger partial charge in [-0.05, 0) is 55.8 Å². The number of hydrogen-bond acceptors (Lipinski definition) is 3. The van der Waals surface area contributed by atoms with E-state index in [4.69, 9.17) is 0 Å². The molecule has 1 aromatic rings. The van der Waals surface area contributed by atoms with Crippen molar-refractivity contribution in [3.05, 3.63) is 29.8 Å². The van der Waals surface area contributed by atoms with Gasteiger partial charge in [0.1, 0.15) is 0 Å². The minimum Gasteiger partial charge on any atom is -0.390 e. The molecule has 1 heterocycles. The van der Waals surface area contributed by atoms with Gasteiger partial charge in [0.25, 0.3) is 5.91 Å². The zero-order valence-corrected chi connectivity index (χ0v) is 12.3. The number of thioether (sulfide) groups is 1. The highest BCUT2D eigenvalue weighted by Gasteiger charge is 2.31. The van der Waals surface area contributed by atoms with Crippen LogP contribution in [-0.2, 0) is 0 Å². The number of nitrogens with zero attached hydrogens (tertiary/aromatic N) is 1. The van der Waals surface area contributed by atoms with Gasteiger partial charge in [0.15, 0.2) is 0 Å². The van der Waals surface area contributed by atoms with Gasteiger partial charge in [0.2, 0.25) is 0 Å². The molecule has 0 atom stereocenters. The van der Waals surface area contributed by atoms with Crippen LogP contribution in [0.4, 0.5) is 13.2 Å². The summed E-state index contributed by atoms with van der Waals surface area (Å²) in [5, 5.41) is 9.84. The van der Waals surface area contributed by atoms with Crippen LogP contribution >= 0.6 is 11.8 Å². The molecule has 21 heavy (non-hydrogen) atoms. The summed E-state index contributed by atoms with van der Waals surface area (Å²) in [6.07, 6.45) is 1.00. The highest BCUT2D eigenvalue weighted by molar-refractivity contribution is 8.00. The van der Waals surface area contributed by atoms with E-state index in [0.29, 0.717) is 31.5 Å². The zero-order chi connectivity index (χ0) is 15.7. The molecule has 7 heteroatoms. The van der Waals surface area contributed by atoms with E-state index in [1.165, 1.54) is 24.3 Å². The number of likely N-dealkylation sites (tertiary alicyclic amines) is 1. The van der Waals surface area contributed by atoms with Crippen LogP contribution in [0, 0.1) is 0 Å². The lowest BCUT2D eigenvalue weighted by atomic mass is 9.93. The fourth-order valence-electron chi connectivity index (χ4n) is 2.17. The Kier molecular flexibility index (Phi) is 4.53. The minimum absolute atomic E-state index is 0.0561. The Morgan fingerprint density at radius 1 is 1.24 bits per heavy atom. The quantitative estimate of drug-likeness (QED) is 0.851. The van der Waals surface area contributed by atoms with Crippen molar-refractivity contribution in [2.24, 2.45) is 0 Å². The van der Waals surface area contributed by atoms with E-state index in [2.05, 4.69) is 0 Å². The Morgan fingerprint density at radius 3 is 2.24 bits per heavy atom. The number of carbonyl (C=O) groups is 1. The molecule has 0 spiro atoms. The number of hydrogen-bond donors (Lipinski definition) is 1. The molecule has 0 unspecified atom stereocenters. The van der Waals surface area contributed by atoms with Crippen molar-refractivity contribution >= 4 is 17.7 Å². The maximum absolute atomic E-state index is 12.2. The fourth-order valence-corrected chi connectivity index (χ4v) is 2.71. The summed E-state index contributed by atoms with van der Waals surface area (Å²) in [6, 6.07) is 5.41. The van der Waals surface area contributed by atoms with Gasteiger partial charge in [-0.3, -0.25) is 4.79 Å². The number of benzene rings is 1. The second-order valence-corrected chi connectivity index (χ2v) is 6.50. The topological polar surface area (TPSA) is 40.5 Å². The Morgan fingerprint density at radius 2 is 1.76 bits per heavy atom. The van der Waals surface area contributed by atoms with E-state index in [0.717, 1.165) is 0 Å². The first kappa shape index (κ1) is 16.2. The molecule has 0 bridgehead atoms. The average Bonchev–Trinajstić information content (AvgIpc) is 2.37. The molecule has 0 aromatic heterocycles. The molecule has 0 radical (unpaired) electrons. The third-order valence-electron chi connectivity index (χ3n) is 3.46. The number of halogens is 3. The Hall–Kier alpha value is -1.21. The predicted molar refractivity (Wildman–Crippen MR) is 74.1 cm³/mol. The van der Waals surface area contributed by atoms with E-state index in [1.54, 1.807) is 11.8 Å². The summed E-state index contributed by atoms with van der Waals surface area (Å²) in [5.74, 6) is -0.214. The molecule has 1 fully saturated rings. The second-order valence-electron chi connectivity index (χ2n) is 5.36. The smallest absolute Gasteiger partial charge is 0.390 e. The minimum atomic E-state index is -4.33. The van der Waals surface area contributed by atoms with Gasteiger partial charge in [0.05, 0.1) is 5.60 Å². The molecular weight excluding hydrogens is 303 g/mol. The number of alkyl halides is 3. The first-order chi connectivity index (χ1) is 9.66. The molecule has 1 aliphatic heterocycles. The van der Waals surface area contributed by atoms with Crippen LogP contribution in [0.3, 0.4) is 0 Å². The summed E-state index contributed by atoms with van der Waals surface area (Å²) in [7, 11) is 0. The Balaban J connectivity index is 2.00. The first-order valence-corrected chi connectivity index (χ1v) is 7.35. The lowest BCUT2D eigenvalue weighted by molar-refractivity contribution is -0.0328. The lowest BCUT2D eigenvalue weighted by Gasteiger charge is -2.35. The van der Waals surface area contributed by atoms with Crippen molar-refractivity contribution in [2.45, 2.75) is 35.8 Å². The summed E-state index contributed by atoms with van der Waals surface area (Å²) in [4.78, 5) is 13.9. The molecular formula is C14H16F3NO2S. The predicted octanol–water partition coefficient (Wildman–Crippen LogP) is 3.29. The third-order valence-corrected chi connectivity index (χ3v) is 4.20. The van der Waals surface area contributed by atoms with Gasteiger partial charge >= 0.3 is 5.51 Å². The molecule has 1 aliphatic rings. The molecule has 1 amide bonds. The van der Waals surface area contributed by atoms with Crippen LogP contribution in [-0.4, -0.2) is 40.1 Å². The molecule has 2 rings (SSSR count). The third kappa shape index (κ3) is 4.64. The molecule has 1 N–H and O–H groups in total. The monoisotopic (exact) mass is 319 g/mol. The molecule has 116 valence electrons. The molecule has 1 aromatic carbocycles. The van der Waals surface area contributed by atoms with Crippen molar-refractivity contribution in [3.63, 3.8) is 0 Å². The van der Waals surface area contributed by atoms with Crippen molar-refractivity contribution in [1.29, 1.82) is 0 Å². The number of amides is 1. The van der Waals surface area contributed by atoms with Crippen LogP contribution in [0.1, 0.15) is 30.1 Å². The van der Waals surface area contributed by atoms with Crippen molar-refractivity contribution in [3.8, 4) is 0 Å². The fraction of sp³-hybridized carbons (Fsp3) is 0.500. The van der Waals surface area contributed by atoms with Crippen molar-refractivity contribution < 1.29 is 23.1 Å². The van der Waals surface area contributed by atoms with E-state index in [9.17, 15) is 23.1 Å². The highest BCUT2D eigenvalue weighted by Crippen LogP contribution is 2.36. The van der Waals surface area contributed by atoms with Crippen molar-refractivity contribution in [1.82, 2.24) is 4.90 Å². The van der Waals surface area contributed by atoms with Gasteiger partial charge in [-0.25, -0.2) is 0 Å². The Bertz CT molecular complexity index is 504. The van der Waals surface area contributed by atoms with Gasteiger partial charge < -0.3 is 10.0 Å². The maximum Gasteiger partial charge on any atom is 0.446 e. The largest absolute Gasteiger partial charge is 0.446 e. The lowest BCUT2D eigenvalue weighted by Crippen LogP contribution is -2.45. The van der Waals surface area contributed by atoms with Gasteiger partial charge in [-0.1, -0.05) is 0 Å². The summed E-state index contributed by atoms with van der Waals surface area (Å²) in [5.41, 5.74) is -4.71. The molecule has 0 saturated carbocycles. The van der Waals surface area contributed by atoms with Crippen molar-refractivity contribution in [2.75, 3.05) is 13.1 Å². The molecule has 0 aliphatic carbocycles. The van der Waals surface area contributed by atoms with Crippen LogP contribution in [0.5, 0.6) is 0 Å². The Labute approximate surface area is 125 Å². The number of piperidine rings is 1. The van der Waals surface area contributed by atoms with E-state index in [1.807, 2.05) is 0 Å². The zero-order valence-electron chi connectivity index (χ0n) is 11.5. The molecule has 1 saturated heterocycles. The summed E-state index contributed by atoms with van der Waals surface area (Å²) < 4.78 is 36.7. The highest BCUT2D eigenvalue weighted by atomic mass is 32.2.